The first-order valence-electron chi connectivity index (χ1n) is 3.08. The zero-order chi connectivity index (χ0) is 5.72. The van der Waals surface area contributed by atoms with Crippen LogP contribution in [-0.4, -0.2) is 12.5 Å². The molecule has 0 aromatic heterocycles. The van der Waals surface area contributed by atoms with E-state index < -0.39 is 0 Å². The van der Waals surface area contributed by atoms with Gasteiger partial charge in [-0.15, -0.1) is 0 Å². The van der Waals surface area contributed by atoms with Gasteiger partial charge in [0.05, 0.1) is 0 Å². The normalized spacial score (nSPS) is 50.6. The van der Waals surface area contributed by atoms with Gasteiger partial charge in [-0.3, -0.25) is 4.79 Å². The van der Waals surface area contributed by atoms with Gasteiger partial charge < -0.3 is 5.32 Å². The summed E-state index contributed by atoms with van der Waals surface area (Å²) in [5.41, 5.74) is 0. The molecular formula is C6H9NO. The van der Waals surface area contributed by atoms with Crippen molar-refractivity contribution in [2.24, 2.45) is 17.8 Å². The molecule has 8 heavy (non-hydrogen) atoms. The molecule has 1 heterocycles. The number of piperidine rings is 1. The van der Waals surface area contributed by atoms with E-state index in [-0.39, 0.29) is 5.91 Å². The molecule has 1 saturated carbocycles. The lowest BCUT2D eigenvalue weighted by molar-refractivity contribution is -0.121. The number of rotatable bonds is 0. The van der Waals surface area contributed by atoms with Crippen molar-refractivity contribution in [1.82, 2.24) is 5.32 Å². The van der Waals surface area contributed by atoms with Crippen molar-refractivity contribution in [3.63, 3.8) is 0 Å². The number of nitrogens with one attached hydrogen (secondary N) is 1. The van der Waals surface area contributed by atoms with Gasteiger partial charge in [0.25, 0.3) is 0 Å². The van der Waals surface area contributed by atoms with E-state index in [9.17, 15) is 4.79 Å². The molecule has 0 spiro atoms. The van der Waals surface area contributed by atoms with E-state index in [0.717, 1.165) is 6.54 Å². The SMILES string of the molecule is CC1[C@H]2C(=O)NC[C@@H]12. The summed E-state index contributed by atoms with van der Waals surface area (Å²) >= 11 is 0. The zero-order valence-electron chi connectivity index (χ0n) is 4.85. The van der Waals surface area contributed by atoms with Crippen LogP contribution in [0.15, 0.2) is 0 Å². The van der Waals surface area contributed by atoms with Gasteiger partial charge >= 0.3 is 0 Å². The van der Waals surface area contributed by atoms with Crippen LogP contribution in [0, 0.1) is 17.8 Å². The number of fused-ring (bicyclic) bond motifs is 1. The van der Waals surface area contributed by atoms with Gasteiger partial charge in [0.2, 0.25) is 5.91 Å². The van der Waals surface area contributed by atoms with E-state index >= 15 is 0 Å². The third-order valence-corrected chi connectivity index (χ3v) is 2.38. The summed E-state index contributed by atoms with van der Waals surface area (Å²) in [7, 11) is 0. The molecule has 0 aromatic rings. The standard InChI is InChI=1S/C6H9NO/c1-3-4-2-7-6(8)5(3)4/h3-5H,2H2,1H3,(H,7,8)/t3?,4-,5+/m0/s1. The topological polar surface area (TPSA) is 29.1 Å². The lowest BCUT2D eigenvalue weighted by Crippen LogP contribution is -2.20. The fourth-order valence-electron chi connectivity index (χ4n) is 1.63. The molecule has 2 nitrogen and oxygen atoms in total. The summed E-state index contributed by atoms with van der Waals surface area (Å²) in [6.45, 7) is 3.08. The predicted octanol–water partition coefficient (Wildman–Crippen LogP) is -0.00170. The van der Waals surface area contributed by atoms with Crippen LogP contribution < -0.4 is 5.32 Å². The molecule has 2 rings (SSSR count). The highest BCUT2D eigenvalue weighted by molar-refractivity contribution is 5.84. The van der Waals surface area contributed by atoms with Gasteiger partial charge in [-0.1, -0.05) is 6.92 Å². The number of hydrogen-bond donors (Lipinski definition) is 1. The van der Waals surface area contributed by atoms with Crippen LogP contribution in [0.2, 0.25) is 0 Å². The van der Waals surface area contributed by atoms with Crippen molar-refractivity contribution < 1.29 is 4.79 Å². The third-order valence-electron chi connectivity index (χ3n) is 2.38. The molecule has 0 radical (unpaired) electrons. The Bertz CT molecular complexity index is 143. The molecule has 0 aromatic carbocycles. The molecular weight excluding hydrogens is 102 g/mol. The molecule has 1 aliphatic carbocycles. The quantitative estimate of drug-likeness (QED) is 0.468. The second-order valence-electron chi connectivity index (χ2n) is 2.79. The Labute approximate surface area is 48.3 Å². The summed E-state index contributed by atoms with van der Waals surface area (Å²) in [5, 5.41) is 2.81. The van der Waals surface area contributed by atoms with E-state index in [1.807, 2.05) is 0 Å². The Kier molecular flexibility index (Phi) is 0.581. The summed E-state index contributed by atoms with van der Waals surface area (Å²) < 4.78 is 0. The first kappa shape index (κ1) is 4.36. The highest BCUT2D eigenvalue weighted by Gasteiger charge is 2.55. The maximum atomic E-state index is 10.7. The average Bonchev–Trinajstić information content (AvgIpc) is 2.13. The van der Waals surface area contributed by atoms with Crippen LogP contribution in [0.1, 0.15) is 6.92 Å². The largest absolute Gasteiger partial charge is 0.356 e. The third kappa shape index (κ3) is 0.320. The van der Waals surface area contributed by atoms with Gasteiger partial charge in [0, 0.05) is 12.5 Å². The van der Waals surface area contributed by atoms with Crippen molar-refractivity contribution in [3.05, 3.63) is 0 Å². The van der Waals surface area contributed by atoms with E-state index in [4.69, 9.17) is 0 Å². The molecule has 0 bridgehead atoms. The lowest BCUT2D eigenvalue weighted by atomic mass is 10.3. The molecule has 1 saturated heterocycles. The van der Waals surface area contributed by atoms with Crippen molar-refractivity contribution in [1.29, 1.82) is 0 Å². The van der Waals surface area contributed by atoms with E-state index in [2.05, 4.69) is 12.2 Å². The van der Waals surface area contributed by atoms with Crippen LogP contribution in [0.25, 0.3) is 0 Å². The van der Waals surface area contributed by atoms with E-state index in [0.29, 0.717) is 17.8 Å². The molecule has 3 atom stereocenters. The Morgan fingerprint density at radius 1 is 1.75 bits per heavy atom. The van der Waals surface area contributed by atoms with Gasteiger partial charge in [0.1, 0.15) is 0 Å². The summed E-state index contributed by atoms with van der Waals surface area (Å²) in [4.78, 5) is 10.7. The van der Waals surface area contributed by atoms with Crippen LogP contribution in [0.5, 0.6) is 0 Å². The second-order valence-corrected chi connectivity index (χ2v) is 2.79. The van der Waals surface area contributed by atoms with Crippen LogP contribution in [0.4, 0.5) is 0 Å². The van der Waals surface area contributed by atoms with Gasteiger partial charge in [-0.25, -0.2) is 0 Å². The molecule has 1 amide bonds. The predicted molar refractivity (Wildman–Crippen MR) is 29.2 cm³/mol. The van der Waals surface area contributed by atoms with Gasteiger partial charge in [-0.05, 0) is 11.8 Å². The fraction of sp³-hybridized carbons (Fsp3) is 0.833. The molecule has 2 aliphatic rings. The first-order chi connectivity index (χ1) is 3.80. The lowest BCUT2D eigenvalue weighted by Gasteiger charge is -1.94. The second kappa shape index (κ2) is 1.07. The van der Waals surface area contributed by atoms with Crippen molar-refractivity contribution in [2.45, 2.75) is 6.92 Å². The van der Waals surface area contributed by atoms with E-state index in [1.165, 1.54) is 0 Å². The molecule has 1 N–H and O–H groups in total. The molecule has 44 valence electrons. The number of carbonyl (C=O) groups excluding carboxylic acids is 1. The first-order valence-corrected chi connectivity index (χ1v) is 3.08. The summed E-state index contributed by atoms with van der Waals surface area (Å²) in [6, 6.07) is 0. The molecule has 2 fully saturated rings. The van der Waals surface area contributed by atoms with Crippen molar-refractivity contribution in [2.75, 3.05) is 6.54 Å². The van der Waals surface area contributed by atoms with Crippen molar-refractivity contribution in [3.8, 4) is 0 Å². The van der Waals surface area contributed by atoms with E-state index in [1.54, 1.807) is 0 Å². The Morgan fingerprint density at radius 2 is 2.50 bits per heavy atom. The van der Waals surface area contributed by atoms with Crippen molar-refractivity contribution >= 4 is 5.91 Å². The minimum absolute atomic E-state index is 0.280. The summed E-state index contributed by atoms with van der Waals surface area (Å²) in [5.74, 6) is 2.06. The highest BCUT2D eigenvalue weighted by atomic mass is 16.2. The number of hydrogen-bond acceptors (Lipinski definition) is 1. The Morgan fingerprint density at radius 3 is 2.75 bits per heavy atom. The Hall–Kier alpha value is -0.530. The maximum Gasteiger partial charge on any atom is 0.223 e. The molecule has 1 unspecified atom stereocenters. The van der Waals surface area contributed by atoms with Crippen LogP contribution >= 0.6 is 0 Å². The smallest absolute Gasteiger partial charge is 0.223 e. The number of amides is 1. The minimum atomic E-state index is 0.280. The zero-order valence-corrected chi connectivity index (χ0v) is 4.85. The van der Waals surface area contributed by atoms with Gasteiger partial charge in [-0.2, -0.15) is 0 Å². The van der Waals surface area contributed by atoms with Crippen LogP contribution in [-0.2, 0) is 4.79 Å². The minimum Gasteiger partial charge on any atom is -0.356 e. The maximum absolute atomic E-state index is 10.7. The Balaban J connectivity index is 2.18. The summed E-state index contributed by atoms with van der Waals surface area (Å²) in [6.07, 6.45) is 0. The fourth-order valence-corrected chi connectivity index (χ4v) is 1.63. The van der Waals surface area contributed by atoms with Crippen LogP contribution in [0.3, 0.4) is 0 Å². The molecule has 1 aliphatic heterocycles. The highest BCUT2D eigenvalue weighted by Crippen LogP contribution is 2.48. The average molecular weight is 111 g/mol. The van der Waals surface area contributed by atoms with Gasteiger partial charge in [0.15, 0.2) is 0 Å². The molecule has 2 heteroatoms. The monoisotopic (exact) mass is 111 g/mol. The number of carbonyl (C=O) groups is 1.